The Hall–Kier alpha value is -1.85. The summed E-state index contributed by atoms with van der Waals surface area (Å²) in [4.78, 5) is 5.74. The van der Waals surface area contributed by atoms with Crippen LogP contribution in [0.4, 0.5) is 5.69 Å². The van der Waals surface area contributed by atoms with Crippen LogP contribution in [-0.4, -0.2) is 17.3 Å². The van der Waals surface area contributed by atoms with Crippen molar-refractivity contribution in [2.75, 3.05) is 5.32 Å². The predicted octanol–water partition coefficient (Wildman–Crippen LogP) is 4.79. The van der Waals surface area contributed by atoms with Gasteiger partial charge in [0, 0.05) is 16.3 Å². The number of benzene rings is 1. The second kappa shape index (κ2) is 7.42. The Bertz CT molecular complexity index is 695. The van der Waals surface area contributed by atoms with Gasteiger partial charge in [0.15, 0.2) is 0 Å². The van der Waals surface area contributed by atoms with Crippen molar-refractivity contribution in [3.05, 3.63) is 52.4 Å². The second-order valence-corrected chi connectivity index (χ2v) is 5.78. The molecule has 0 fully saturated rings. The van der Waals surface area contributed by atoms with E-state index >= 15 is 0 Å². The molecule has 6 heteroatoms. The first-order chi connectivity index (χ1) is 10.5. The Morgan fingerprint density at radius 2 is 2.18 bits per heavy atom. The summed E-state index contributed by atoms with van der Waals surface area (Å²) in [5.74, 6) is 0.776. The third-order valence-corrected chi connectivity index (χ3v) is 3.49. The predicted molar refractivity (Wildman–Crippen MR) is 94.0 cm³/mol. The maximum absolute atomic E-state index is 6.15. The molecule has 0 aliphatic rings. The molecule has 22 heavy (non-hydrogen) atoms. The molecular weight excluding hydrogens is 320 g/mol. The highest BCUT2D eigenvalue weighted by Crippen LogP contribution is 2.21. The maximum atomic E-state index is 6.15. The van der Waals surface area contributed by atoms with Crippen LogP contribution >= 0.6 is 23.8 Å². The highest BCUT2D eigenvalue weighted by molar-refractivity contribution is 7.81. The van der Waals surface area contributed by atoms with Crippen molar-refractivity contribution in [2.45, 2.75) is 26.9 Å². The molecular formula is C16H17ClN2O2S. The van der Waals surface area contributed by atoms with Crippen LogP contribution in [0.2, 0.25) is 5.02 Å². The molecule has 0 aliphatic heterocycles. The third kappa shape index (κ3) is 4.32. The molecule has 4 nitrogen and oxygen atoms in total. The Morgan fingerprint density at radius 1 is 1.41 bits per heavy atom. The Morgan fingerprint density at radius 3 is 2.82 bits per heavy atom. The average Bonchev–Trinajstić information content (AvgIpc) is 2.88. The summed E-state index contributed by atoms with van der Waals surface area (Å²) in [5.41, 5.74) is 2.43. The molecule has 0 saturated carbocycles. The van der Waals surface area contributed by atoms with Gasteiger partial charge in [-0.25, -0.2) is 0 Å². The number of hydrogen-bond donors (Lipinski definition) is 1. The zero-order valence-corrected chi connectivity index (χ0v) is 14.2. The minimum atomic E-state index is 0.0213. The van der Waals surface area contributed by atoms with E-state index in [0.29, 0.717) is 10.0 Å². The van der Waals surface area contributed by atoms with Crippen LogP contribution in [0.1, 0.15) is 30.7 Å². The topological polar surface area (TPSA) is 46.8 Å². The monoisotopic (exact) mass is 336 g/mol. The molecule has 0 amide bonds. The maximum Gasteiger partial charge on any atom is 0.122 e. The molecule has 0 bridgehead atoms. The van der Waals surface area contributed by atoms with Gasteiger partial charge in [-0.05, 0) is 45.0 Å². The number of rotatable bonds is 5. The molecule has 2 aromatic rings. The first-order valence-electron chi connectivity index (χ1n) is 6.81. The Balaban J connectivity index is 2.14. The largest absolute Gasteiger partial charge is 0.469 e. The van der Waals surface area contributed by atoms with Crippen molar-refractivity contribution in [1.29, 1.82) is 0 Å². The van der Waals surface area contributed by atoms with Crippen LogP contribution in [0, 0.1) is 6.92 Å². The summed E-state index contributed by atoms with van der Waals surface area (Å²) in [6.45, 7) is 5.68. The fraction of sp³-hybridized carbons (Fsp3) is 0.250. The molecule has 0 unspecified atom stereocenters. The van der Waals surface area contributed by atoms with E-state index in [-0.39, 0.29) is 6.10 Å². The van der Waals surface area contributed by atoms with Gasteiger partial charge in [0.1, 0.15) is 16.9 Å². The van der Waals surface area contributed by atoms with Crippen molar-refractivity contribution in [3.8, 4) is 0 Å². The first-order valence-corrected chi connectivity index (χ1v) is 7.60. The molecule has 1 N–H and O–H groups in total. The van der Waals surface area contributed by atoms with Gasteiger partial charge in [0.05, 0.1) is 18.0 Å². The summed E-state index contributed by atoms with van der Waals surface area (Å²) in [7, 11) is 0. The van der Waals surface area contributed by atoms with E-state index in [0.717, 1.165) is 22.6 Å². The quantitative estimate of drug-likeness (QED) is 0.484. The summed E-state index contributed by atoms with van der Waals surface area (Å²) >= 11 is 11.5. The van der Waals surface area contributed by atoms with Crippen LogP contribution in [0.15, 0.2) is 40.1 Å². The van der Waals surface area contributed by atoms with E-state index in [9.17, 15) is 0 Å². The van der Waals surface area contributed by atoms with Crippen molar-refractivity contribution in [2.24, 2.45) is 5.16 Å². The minimum absolute atomic E-state index is 0.0213. The number of furan rings is 1. The number of thiocarbonyl (C=S) groups is 1. The lowest BCUT2D eigenvalue weighted by molar-refractivity contribution is 0.0874. The summed E-state index contributed by atoms with van der Waals surface area (Å²) < 4.78 is 5.26. The van der Waals surface area contributed by atoms with E-state index < -0.39 is 0 Å². The highest BCUT2D eigenvalue weighted by Gasteiger charge is 2.08. The van der Waals surface area contributed by atoms with Gasteiger partial charge in [-0.1, -0.05) is 29.0 Å². The van der Waals surface area contributed by atoms with Crippen molar-refractivity contribution in [3.63, 3.8) is 0 Å². The number of halogens is 1. The molecule has 0 atom stereocenters. The Labute approximate surface area is 140 Å². The minimum Gasteiger partial charge on any atom is -0.469 e. The lowest BCUT2D eigenvalue weighted by Gasteiger charge is -2.09. The molecule has 1 aromatic carbocycles. The molecule has 0 radical (unpaired) electrons. The lowest BCUT2D eigenvalue weighted by atomic mass is 10.2. The number of oxime groups is 1. The van der Waals surface area contributed by atoms with Gasteiger partial charge >= 0.3 is 0 Å². The molecule has 0 aliphatic carbocycles. The van der Waals surface area contributed by atoms with Crippen molar-refractivity contribution >= 4 is 40.7 Å². The number of anilines is 1. The normalized spacial score (nSPS) is 11.1. The van der Waals surface area contributed by atoms with Crippen LogP contribution in [0.25, 0.3) is 0 Å². The van der Waals surface area contributed by atoms with Gasteiger partial charge in [-0.15, -0.1) is 0 Å². The summed E-state index contributed by atoms with van der Waals surface area (Å²) in [6, 6.07) is 7.33. The molecule has 1 heterocycles. The number of hydrogen-bond acceptors (Lipinski definition) is 4. The number of aryl methyl sites for hydroxylation is 1. The molecule has 0 spiro atoms. The van der Waals surface area contributed by atoms with E-state index in [2.05, 4.69) is 10.5 Å². The van der Waals surface area contributed by atoms with Gasteiger partial charge in [-0.3, -0.25) is 0 Å². The summed E-state index contributed by atoms with van der Waals surface area (Å²) in [5, 5.41) is 7.65. The van der Waals surface area contributed by atoms with Crippen molar-refractivity contribution < 1.29 is 9.25 Å². The molecule has 2 rings (SSSR count). The SMILES string of the molecule is Cc1occc1C(=S)Nc1ccc(Cl)c(/C=N/OC(C)C)c1. The smallest absolute Gasteiger partial charge is 0.122 e. The second-order valence-electron chi connectivity index (χ2n) is 4.97. The lowest BCUT2D eigenvalue weighted by Crippen LogP contribution is -2.11. The zero-order valence-electron chi connectivity index (χ0n) is 12.6. The third-order valence-electron chi connectivity index (χ3n) is 2.82. The average molecular weight is 337 g/mol. The molecule has 1 aromatic heterocycles. The van der Waals surface area contributed by atoms with E-state index in [1.165, 1.54) is 0 Å². The molecule has 116 valence electrons. The number of nitrogens with zero attached hydrogens (tertiary/aromatic N) is 1. The van der Waals surface area contributed by atoms with E-state index in [1.807, 2.05) is 39.0 Å². The molecule has 0 saturated heterocycles. The van der Waals surface area contributed by atoms with Crippen molar-refractivity contribution in [1.82, 2.24) is 0 Å². The van der Waals surface area contributed by atoms with Crippen LogP contribution < -0.4 is 5.32 Å². The van der Waals surface area contributed by atoms with Gasteiger partial charge in [-0.2, -0.15) is 0 Å². The number of nitrogens with one attached hydrogen (secondary N) is 1. The van der Waals surface area contributed by atoms with Crippen LogP contribution in [0.5, 0.6) is 0 Å². The standard InChI is InChI=1S/C16H17ClN2O2S/c1-10(2)21-18-9-12-8-13(4-5-15(12)17)19-16(22)14-6-7-20-11(14)3/h4-10H,1-3H3,(H,19,22)/b18-9+. The van der Waals surface area contributed by atoms with Gasteiger partial charge in [0.25, 0.3) is 0 Å². The van der Waals surface area contributed by atoms with Crippen LogP contribution in [0.3, 0.4) is 0 Å². The van der Waals surface area contributed by atoms with Gasteiger partial charge in [0.2, 0.25) is 0 Å². The van der Waals surface area contributed by atoms with E-state index in [1.54, 1.807) is 18.5 Å². The van der Waals surface area contributed by atoms with E-state index in [4.69, 9.17) is 33.1 Å². The fourth-order valence-electron chi connectivity index (χ4n) is 1.75. The summed E-state index contributed by atoms with van der Waals surface area (Å²) in [6.07, 6.45) is 3.22. The Kier molecular flexibility index (Phi) is 5.57. The zero-order chi connectivity index (χ0) is 16.1. The van der Waals surface area contributed by atoms with Gasteiger partial charge < -0.3 is 14.6 Å². The first kappa shape index (κ1) is 16.5. The van der Waals surface area contributed by atoms with Crippen LogP contribution in [-0.2, 0) is 4.84 Å². The fourth-order valence-corrected chi connectivity index (χ4v) is 2.24. The highest BCUT2D eigenvalue weighted by atomic mass is 35.5.